The van der Waals surface area contributed by atoms with Gasteiger partial charge in [-0.1, -0.05) is 48.5 Å². The molecule has 4 rings (SSSR count). The third kappa shape index (κ3) is 4.86. The number of nitrogens with zero attached hydrogens (tertiary/aromatic N) is 1. The largest absolute Gasteiger partial charge is 0.322 e. The highest BCUT2D eigenvalue weighted by Gasteiger charge is 2.24. The van der Waals surface area contributed by atoms with Crippen molar-refractivity contribution in [2.24, 2.45) is 0 Å². The number of para-hydroxylation sites is 1. The monoisotopic (exact) mass is 434 g/mol. The van der Waals surface area contributed by atoms with Gasteiger partial charge in [0.15, 0.2) is 0 Å². The van der Waals surface area contributed by atoms with E-state index in [0.717, 1.165) is 22.4 Å². The minimum Gasteiger partial charge on any atom is -0.322 e. The third-order valence-corrected chi connectivity index (χ3v) is 7.02. The molecule has 1 heterocycles. The molecule has 1 amide bonds. The Balaban J connectivity index is 1.57. The third-order valence-electron chi connectivity index (χ3n) is 5.77. The van der Waals surface area contributed by atoms with Gasteiger partial charge in [0.25, 0.3) is 5.91 Å². The number of hydrogen-bond acceptors (Lipinski definition) is 3. The number of sulfonamides is 1. The summed E-state index contributed by atoms with van der Waals surface area (Å²) in [6, 6.07) is 21.5. The predicted octanol–water partition coefficient (Wildman–Crippen LogP) is 4.16. The van der Waals surface area contributed by atoms with E-state index in [0.29, 0.717) is 31.5 Å². The van der Waals surface area contributed by atoms with Crippen LogP contribution in [0.15, 0.2) is 66.7 Å². The Morgan fingerprint density at radius 2 is 1.81 bits per heavy atom. The minimum absolute atomic E-state index is 0.121. The van der Waals surface area contributed by atoms with E-state index >= 15 is 0 Å². The summed E-state index contributed by atoms with van der Waals surface area (Å²) in [6.45, 7) is 2.86. The molecule has 0 aliphatic carbocycles. The first-order valence-corrected chi connectivity index (χ1v) is 12.2. The average molecular weight is 435 g/mol. The maximum absolute atomic E-state index is 12.8. The number of amides is 1. The zero-order valence-electron chi connectivity index (χ0n) is 17.8. The number of nitrogens with one attached hydrogen (secondary N) is 1. The SMILES string of the molecule is Cc1ccc(Cc2cccc3c2CCN(S(C)(=O)=O)C3)cc1C(=O)Nc1ccccc1. The van der Waals surface area contributed by atoms with Crippen LogP contribution in [0.5, 0.6) is 0 Å². The highest BCUT2D eigenvalue weighted by atomic mass is 32.2. The van der Waals surface area contributed by atoms with E-state index in [1.807, 2.05) is 61.5 Å². The lowest BCUT2D eigenvalue weighted by molar-refractivity contribution is 0.102. The van der Waals surface area contributed by atoms with Crippen LogP contribution in [0.1, 0.15) is 38.2 Å². The lowest BCUT2D eigenvalue weighted by Gasteiger charge is -2.28. The molecule has 1 aliphatic rings. The van der Waals surface area contributed by atoms with Crippen LogP contribution in [-0.2, 0) is 29.4 Å². The van der Waals surface area contributed by atoms with Gasteiger partial charge in [-0.15, -0.1) is 0 Å². The Morgan fingerprint density at radius 3 is 2.55 bits per heavy atom. The number of hydrogen-bond donors (Lipinski definition) is 1. The second-order valence-electron chi connectivity index (χ2n) is 8.05. The zero-order valence-corrected chi connectivity index (χ0v) is 18.6. The summed E-state index contributed by atoms with van der Waals surface area (Å²) < 4.78 is 25.4. The van der Waals surface area contributed by atoms with Gasteiger partial charge in [-0.2, -0.15) is 4.31 Å². The van der Waals surface area contributed by atoms with E-state index in [1.54, 1.807) is 0 Å². The maximum atomic E-state index is 12.8. The van der Waals surface area contributed by atoms with Crippen molar-refractivity contribution in [2.75, 3.05) is 18.1 Å². The van der Waals surface area contributed by atoms with Crippen molar-refractivity contribution >= 4 is 21.6 Å². The van der Waals surface area contributed by atoms with Crippen LogP contribution in [0.2, 0.25) is 0 Å². The van der Waals surface area contributed by atoms with Crippen molar-refractivity contribution in [3.63, 3.8) is 0 Å². The summed E-state index contributed by atoms with van der Waals surface area (Å²) in [5.41, 5.74) is 6.88. The minimum atomic E-state index is -3.20. The standard InChI is InChI=1S/C25H26N2O3S/c1-18-11-12-19(16-24(18)25(28)26-22-9-4-3-5-10-22)15-20-7-6-8-21-17-27(31(2,29)30)14-13-23(20)21/h3-12,16H,13-15,17H2,1-2H3,(H,26,28). The van der Waals surface area contributed by atoms with Gasteiger partial charge in [-0.3, -0.25) is 4.79 Å². The number of carbonyl (C=O) groups is 1. The Hall–Kier alpha value is -2.96. The van der Waals surface area contributed by atoms with E-state index in [1.165, 1.54) is 21.7 Å². The summed E-state index contributed by atoms with van der Waals surface area (Å²) in [7, 11) is -3.20. The van der Waals surface area contributed by atoms with Crippen molar-refractivity contribution in [3.05, 3.63) is 100 Å². The van der Waals surface area contributed by atoms with Gasteiger partial charge in [0.1, 0.15) is 0 Å². The van der Waals surface area contributed by atoms with E-state index in [9.17, 15) is 13.2 Å². The van der Waals surface area contributed by atoms with Gasteiger partial charge in [-0.05, 0) is 65.8 Å². The van der Waals surface area contributed by atoms with Crippen LogP contribution in [0.4, 0.5) is 5.69 Å². The predicted molar refractivity (Wildman–Crippen MR) is 124 cm³/mol. The van der Waals surface area contributed by atoms with Crippen LogP contribution in [-0.4, -0.2) is 31.4 Å². The van der Waals surface area contributed by atoms with Gasteiger partial charge < -0.3 is 5.32 Å². The molecule has 0 bridgehead atoms. The van der Waals surface area contributed by atoms with Crippen LogP contribution < -0.4 is 5.32 Å². The summed E-state index contributed by atoms with van der Waals surface area (Å²) in [5.74, 6) is -0.121. The number of anilines is 1. The second kappa shape index (κ2) is 8.65. The Labute approximate surface area is 183 Å². The highest BCUT2D eigenvalue weighted by molar-refractivity contribution is 7.88. The number of benzene rings is 3. The van der Waals surface area contributed by atoms with Crippen molar-refractivity contribution in [2.45, 2.75) is 26.3 Å². The molecule has 0 atom stereocenters. The lowest BCUT2D eigenvalue weighted by atomic mass is 9.91. The fourth-order valence-electron chi connectivity index (χ4n) is 4.07. The van der Waals surface area contributed by atoms with Crippen molar-refractivity contribution < 1.29 is 13.2 Å². The summed E-state index contributed by atoms with van der Waals surface area (Å²) >= 11 is 0. The fraction of sp³-hybridized carbons (Fsp3) is 0.240. The van der Waals surface area contributed by atoms with E-state index in [2.05, 4.69) is 17.4 Å². The number of carbonyl (C=O) groups excluding carboxylic acids is 1. The Kier molecular flexibility index (Phi) is 5.94. The molecule has 3 aromatic rings. The van der Waals surface area contributed by atoms with Crippen LogP contribution in [0.25, 0.3) is 0 Å². The highest BCUT2D eigenvalue weighted by Crippen LogP contribution is 2.26. The molecular formula is C25H26N2O3S. The van der Waals surface area contributed by atoms with Gasteiger partial charge in [0.05, 0.1) is 6.26 Å². The van der Waals surface area contributed by atoms with Gasteiger partial charge in [0, 0.05) is 24.3 Å². The molecule has 6 heteroatoms. The molecule has 1 N–H and O–H groups in total. The smallest absolute Gasteiger partial charge is 0.255 e. The van der Waals surface area contributed by atoms with Crippen LogP contribution >= 0.6 is 0 Å². The van der Waals surface area contributed by atoms with Gasteiger partial charge in [0.2, 0.25) is 10.0 Å². The molecule has 0 radical (unpaired) electrons. The van der Waals surface area contributed by atoms with Crippen LogP contribution in [0.3, 0.4) is 0 Å². The molecule has 3 aromatic carbocycles. The zero-order chi connectivity index (χ0) is 22.0. The first kappa shape index (κ1) is 21.3. The molecular weight excluding hydrogens is 408 g/mol. The number of rotatable bonds is 5. The van der Waals surface area contributed by atoms with Gasteiger partial charge in [-0.25, -0.2) is 8.42 Å². The summed E-state index contributed by atoms with van der Waals surface area (Å²) in [4.78, 5) is 12.8. The molecule has 0 saturated carbocycles. The van der Waals surface area contributed by atoms with Crippen molar-refractivity contribution in [1.82, 2.24) is 4.31 Å². The molecule has 160 valence electrons. The molecule has 0 spiro atoms. The topological polar surface area (TPSA) is 66.5 Å². The first-order chi connectivity index (χ1) is 14.8. The molecule has 31 heavy (non-hydrogen) atoms. The maximum Gasteiger partial charge on any atom is 0.255 e. The van der Waals surface area contributed by atoms with Crippen molar-refractivity contribution in [1.29, 1.82) is 0 Å². The van der Waals surface area contributed by atoms with E-state index < -0.39 is 10.0 Å². The molecule has 0 unspecified atom stereocenters. The number of aryl methyl sites for hydroxylation is 1. The Morgan fingerprint density at radius 1 is 1.03 bits per heavy atom. The van der Waals surface area contributed by atoms with E-state index in [-0.39, 0.29) is 5.91 Å². The summed E-state index contributed by atoms with van der Waals surface area (Å²) in [5, 5.41) is 2.96. The quantitative estimate of drug-likeness (QED) is 0.656. The summed E-state index contributed by atoms with van der Waals surface area (Å²) in [6.07, 6.45) is 2.66. The first-order valence-electron chi connectivity index (χ1n) is 10.3. The molecule has 0 fully saturated rings. The molecule has 0 saturated heterocycles. The normalized spacial score (nSPS) is 14.1. The van der Waals surface area contributed by atoms with Crippen molar-refractivity contribution in [3.8, 4) is 0 Å². The molecule has 0 aromatic heterocycles. The average Bonchev–Trinajstić information content (AvgIpc) is 2.75. The number of fused-ring (bicyclic) bond motifs is 1. The Bertz CT molecular complexity index is 1220. The van der Waals surface area contributed by atoms with Crippen LogP contribution in [0, 0.1) is 6.92 Å². The fourth-order valence-corrected chi connectivity index (χ4v) is 4.87. The molecule has 5 nitrogen and oxygen atoms in total. The van der Waals surface area contributed by atoms with Gasteiger partial charge >= 0.3 is 0 Å². The van der Waals surface area contributed by atoms with E-state index in [4.69, 9.17) is 0 Å². The lowest BCUT2D eigenvalue weighted by Crippen LogP contribution is -2.35. The molecule has 1 aliphatic heterocycles. The second-order valence-corrected chi connectivity index (χ2v) is 10.0.